The largest absolute Gasteiger partial charge is 0.345 e. The Labute approximate surface area is 145 Å². The lowest BCUT2D eigenvalue weighted by atomic mass is 10.2. The highest BCUT2D eigenvalue weighted by Crippen LogP contribution is 2.17. The third kappa shape index (κ3) is 3.60. The minimum Gasteiger partial charge on any atom is -0.345 e. The fraction of sp³-hybridized carbons (Fsp3) is 0.333. The van der Waals surface area contributed by atoms with Crippen LogP contribution >= 0.6 is 0 Å². The van der Waals surface area contributed by atoms with E-state index >= 15 is 0 Å². The van der Waals surface area contributed by atoms with Crippen LogP contribution in [0.1, 0.15) is 35.6 Å². The van der Waals surface area contributed by atoms with Gasteiger partial charge in [-0.15, -0.1) is 0 Å². The fourth-order valence-corrected chi connectivity index (χ4v) is 2.63. The van der Waals surface area contributed by atoms with Gasteiger partial charge in [-0.2, -0.15) is 5.10 Å². The van der Waals surface area contributed by atoms with Crippen molar-refractivity contribution in [1.82, 2.24) is 25.1 Å². The Morgan fingerprint density at radius 3 is 2.80 bits per heavy atom. The summed E-state index contributed by atoms with van der Waals surface area (Å²) in [6.07, 6.45) is 0. The molecule has 0 saturated heterocycles. The molecule has 0 spiro atoms. The predicted molar refractivity (Wildman–Crippen MR) is 95.4 cm³/mol. The van der Waals surface area contributed by atoms with E-state index in [4.69, 9.17) is 0 Å². The first kappa shape index (κ1) is 16.9. The number of hydrogen-bond donors (Lipinski definition) is 2. The van der Waals surface area contributed by atoms with Crippen molar-refractivity contribution in [2.75, 3.05) is 0 Å². The molecule has 1 atom stereocenters. The Morgan fingerprint density at radius 1 is 1.28 bits per heavy atom. The van der Waals surface area contributed by atoms with Crippen LogP contribution in [0.2, 0.25) is 0 Å². The minimum absolute atomic E-state index is 0.121. The van der Waals surface area contributed by atoms with E-state index in [-0.39, 0.29) is 24.1 Å². The maximum absolute atomic E-state index is 12.3. The molecule has 130 valence electrons. The molecule has 7 nitrogen and oxygen atoms in total. The summed E-state index contributed by atoms with van der Waals surface area (Å²) >= 11 is 0. The van der Waals surface area contributed by atoms with Crippen LogP contribution in [-0.2, 0) is 11.3 Å². The lowest BCUT2D eigenvalue weighted by Gasteiger charge is -2.12. The molecule has 2 N–H and O–H groups in total. The molecule has 1 aromatic carbocycles. The molecular weight excluding hydrogens is 318 g/mol. The van der Waals surface area contributed by atoms with E-state index in [1.165, 1.54) is 10.7 Å². The number of aryl methyl sites for hydroxylation is 3. The van der Waals surface area contributed by atoms with Gasteiger partial charge in [0, 0.05) is 6.07 Å². The van der Waals surface area contributed by atoms with E-state index in [2.05, 4.69) is 20.4 Å². The number of nitrogens with zero attached hydrogens (tertiary/aromatic N) is 3. The van der Waals surface area contributed by atoms with E-state index in [0.717, 1.165) is 27.9 Å². The highest BCUT2D eigenvalue weighted by molar-refractivity contribution is 5.77. The van der Waals surface area contributed by atoms with Gasteiger partial charge in [-0.25, -0.2) is 9.67 Å². The number of aromatic nitrogens is 4. The molecule has 1 unspecified atom stereocenters. The molecule has 1 amide bonds. The molecule has 0 fully saturated rings. The highest BCUT2D eigenvalue weighted by atomic mass is 16.2. The second-order valence-electron chi connectivity index (χ2n) is 6.34. The molecule has 0 aliphatic carbocycles. The quantitative estimate of drug-likeness (QED) is 0.759. The van der Waals surface area contributed by atoms with E-state index in [9.17, 15) is 9.59 Å². The van der Waals surface area contributed by atoms with Gasteiger partial charge in [-0.05, 0) is 51.0 Å². The number of carbonyl (C=O) groups is 1. The number of hydrogen-bond acceptors (Lipinski definition) is 4. The highest BCUT2D eigenvalue weighted by Gasteiger charge is 2.15. The number of benzene rings is 1. The number of carbonyl (C=O) groups excluding carboxylic acids is 1. The molecule has 25 heavy (non-hydrogen) atoms. The Hall–Kier alpha value is -2.96. The van der Waals surface area contributed by atoms with Crippen molar-refractivity contribution >= 4 is 16.9 Å². The number of H-pyrrole nitrogens is 1. The van der Waals surface area contributed by atoms with Crippen molar-refractivity contribution in [3.05, 3.63) is 57.3 Å². The van der Waals surface area contributed by atoms with Gasteiger partial charge in [0.05, 0.1) is 22.8 Å². The van der Waals surface area contributed by atoms with Gasteiger partial charge in [0.15, 0.2) is 0 Å². The summed E-state index contributed by atoms with van der Waals surface area (Å²) in [6.45, 7) is 7.36. The van der Waals surface area contributed by atoms with Crippen LogP contribution in [0.4, 0.5) is 0 Å². The van der Waals surface area contributed by atoms with Crippen molar-refractivity contribution in [3.8, 4) is 0 Å². The Morgan fingerprint density at radius 2 is 2.04 bits per heavy atom. The van der Waals surface area contributed by atoms with Crippen LogP contribution in [-0.4, -0.2) is 25.7 Å². The van der Waals surface area contributed by atoms with E-state index in [0.29, 0.717) is 5.82 Å². The molecule has 0 saturated carbocycles. The van der Waals surface area contributed by atoms with Crippen molar-refractivity contribution in [2.45, 2.75) is 40.3 Å². The zero-order valence-electron chi connectivity index (χ0n) is 14.8. The van der Waals surface area contributed by atoms with Crippen LogP contribution in [0, 0.1) is 20.8 Å². The predicted octanol–water partition coefficient (Wildman–Crippen LogP) is 1.92. The number of amides is 1. The van der Waals surface area contributed by atoms with Crippen molar-refractivity contribution in [1.29, 1.82) is 0 Å². The maximum atomic E-state index is 12.3. The third-order valence-corrected chi connectivity index (χ3v) is 4.17. The summed E-state index contributed by atoms with van der Waals surface area (Å²) in [5, 5.41) is 7.01. The number of fused-ring (bicyclic) bond motifs is 1. The van der Waals surface area contributed by atoms with Crippen molar-refractivity contribution in [2.24, 2.45) is 0 Å². The molecule has 0 bridgehead atoms. The molecule has 0 aliphatic rings. The first-order valence-electron chi connectivity index (χ1n) is 8.14. The van der Waals surface area contributed by atoms with Crippen LogP contribution in [0.3, 0.4) is 0 Å². The Kier molecular flexibility index (Phi) is 4.39. The Bertz CT molecular complexity index is 1000. The lowest BCUT2D eigenvalue weighted by molar-refractivity contribution is -0.122. The second-order valence-corrected chi connectivity index (χ2v) is 6.34. The topological polar surface area (TPSA) is 92.7 Å². The standard InChI is InChI=1S/C18H21N5O2/c1-10-5-6-14-15(7-10)21-18(20-14)13(4)19-16(24)9-23-17(25)8-11(2)12(3)22-23/h5-8,13H,9H2,1-4H3,(H,19,24)(H,20,21). The zero-order chi connectivity index (χ0) is 18.1. The van der Waals surface area contributed by atoms with Gasteiger partial charge < -0.3 is 10.3 Å². The van der Waals surface area contributed by atoms with Gasteiger partial charge in [0.2, 0.25) is 5.91 Å². The van der Waals surface area contributed by atoms with Gasteiger partial charge in [0.1, 0.15) is 12.4 Å². The maximum Gasteiger partial charge on any atom is 0.267 e. The average molecular weight is 339 g/mol. The molecule has 7 heteroatoms. The summed E-state index contributed by atoms with van der Waals surface area (Å²) in [5.41, 5.74) is 4.18. The van der Waals surface area contributed by atoms with Gasteiger partial charge in [0.25, 0.3) is 5.56 Å². The summed E-state index contributed by atoms with van der Waals surface area (Å²) in [6, 6.07) is 7.13. The van der Waals surface area contributed by atoms with Gasteiger partial charge in [-0.3, -0.25) is 9.59 Å². The smallest absolute Gasteiger partial charge is 0.267 e. The average Bonchev–Trinajstić information content (AvgIpc) is 2.95. The first-order chi connectivity index (χ1) is 11.8. The summed E-state index contributed by atoms with van der Waals surface area (Å²) < 4.78 is 1.17. The van der Waals surface area contributed by atoms with E-state index < -0.39 is 0 Å². The molecule has 2 aromatic heterocycles. The van der Waals surface area contributed by atoms with Gasteiger partial charge >= 0.3 is 0 Å². The lowest BCUT2D eigenvalue weighted by Crippen LogP contribution is -2.35. The SMILES string of the molecule is Cc1ccc2nc(C(C)NC(=O)Cn3nc(C)c(C)cc3=O)[nH]c2c1. The molecule has 3 aromatic rings. The van der Waals surface area contributed by atoms with Crippen molar-refractivity contribution < 1.29 is 4.79 Å². The second kappa shape index (κ2) is 6.51. The number of nitrogens with one attached hydrogen (secondary N) is 2. The Balaban J connectivity index is 1.73. The third-order valence-electron chi connectivity index (χ3n) is 4.17. The van der Waals surface area contributed by atoms with E-state index in [1.807, 2.05) is 45.9 Å². The number of imidazole rings is 1. The monoisotopic (exact) mass is 339 g/mol. The molecule has 0 radical (unpaired) electrons. The van der Waals surface area contributed by atoms with Crippen LogP contribution < -0.4 is 10.9 Å². The van der Waals surface area contributed by atoms with Crippen LogP contribution in [0.15, 0.2) is 29.1 Å². The number of rotatable bonds is 4. The summed E-state index contributed by atoms with van der Waals surface area (Å²) in [4.78, 5) is 31.9. The van der Waals surface area contributed by atoms with Gasteiger partial charge in [-0.1, -0.05) is 6.07 Å². The molecular formula is C18H21N5O2. The first-order valence-corrected chi connectivity index (χ1v) is 8.14. The number of aromatic amines is 1. The molecule has 2 heterocycles. The summed E-state index contributed by atoms with van der Waals surface area (Å²) in [5.74, 6) is 0.385. The molecule has 0 aliphatic heterocycles. The minimum atomic E-state index is -0.303. The van der Waals surface area contributed by atoms with Crippen LogP contribution in [0.25, 0.3) is 11.0 Å². The van der Waals surface area contributed by atoms with E-state index in [1.54, 1.807) is 0 Å². The van der Waals surface area contributed by atoms with Crippen LogP contribution in [0.5, 0.6) is 0 Å². The zero-order valence-corrected chi connectivity index (χ0v) is 14.8. The normalized spacial score (nSPS) is 12.3. The molecule has 3 rings (SSSR count). The fourth-order valence-electron chi connectivity index (χ4n) is 2.63. The summed E-state index contributed by atoms with van der Waals surface area (Å²) in [7, 11) is 0. The van der Waals surface area contributed by atoms with Crippen molar-refractivity contribution in [3.63, 3.8) is 0 Å².